The number of aryl methyl sites for hydroxylation is 2. The van der Waals surface area contributed by atoms with Crippen molar-refractivity contribution in [2.45, 2.75) is 20.8 Å². The lowest BCUT2D eigenvalue weighted by Gasteiger charge is -2.09. The van der Waals surface area contributed by atoms with Gasteiger partial charge in [0.15, 0.2) is 17.5 Å². The van der Waals surface area contributed by atoms with Crippen LogP contribution in [0.5, 0.6) is 5.75 Å². The quantitative estimate of drug-likeness (QED) is 0.596. The highest BCUT2D eigenvalue weighted by Gasteiger charge is 2.12. The van der Waals surface area contributed by atoms with E-state index in [2.05, 4.69) is 9.97 Å². The van der Waals surface area contributed by atoms with Crippen molar-refractivity contribution in [2.24, 2.45) is 0 Å². The number of rotatable bonds is 4. The highest BCUT2D eigenvalue weighted by molar-refractivity contribution is 6.30. The molecule has 1 rings (SSSR count). The van der Waals surface area contributed by atoms with Crippen LogP contribution >= 0.6 is 11.6 Å². The van der Waals surface area contributed by atoms with E-state index in [1.54, 1.807) is 20.8 Å². The summed E-state index contributed by atoms with van der Waals surface area (Å²) in [6.45, 7) is 5.32. The van der Waals surface area contributed by atoms with Crippen molar-refractivity contribution in [1.29, 1.82) is 0 Å². The fourth-order valence-electron chi connectivity index (χ4n) is 1.16. The molecule has 0 aliphatic heterocycles. The third kappa shape index (κ3) is 3.34. The van der Waals surface area contributed by atoms with Gasteiger partial charge in [-0.15, -0.1) is 0 Å². The van der Waals surface area contributed by atoms with Gasteiger partial charge < -0.3 is 9.47 Å². The van der Waals surface area contributed by atoms with Gasteiger partial charge in [0.1, 0.15) is 5.82 Å². The second-order valence-corrected chi connectivity index (χ2v) is 3.43. The van der Waals surface area contributed by atoms with E-state index in [1.165, 1.54) is 0 Å². The van der Waals surface area contributed by atoms with Gasteiger partial charge in [0.05, 0.1) is 12.3 Å². The lowest BCUT2D eigenvalue weighted by molar-refractivity contribution is -0.145. The van der Waals surface area contributed by atoms with Gasteiger partial charge in [-0.05, 0) is 20.8 Å². The molecule has 0 saturated carbocycles. The van der Waals surface area contributed by atoms with E-state index in [1.807, 2.05) is 0 Å². The molecule has 0 unspecified atom stereocenters. The normalized spacial score (nSPS) is 10.0. The summed E-state index contributed by atoms with van der Waals surface area (Å²) in [5, 5.41) is 0.203. The van der Waals surface area contributed by atoms with E-state index in [4.69, 9.17) is 21.1 Å². The predicted molar refractivity (Wildman–Crippen MR) is 58.6 cm³/mol. The zero-order valence-electron chi connectivity index (χ0n) is 9.41. The van der Waals surface area contributed by atoms with Crippen molar-refractivity contribution in [3.8, 4) is 5.75 Å². The Morgan fingerprint density at radius 1 is 1.38 bits per heavy atom. The van der Waals surface area contributed by atoms with Crippen LogP contribution in [0.1, 0.15) is 18.4 Å². The largest absolute Gasteiger partial charge is 0.477 e. The van der Waals surface area contributed by atoms with Gasteiger partial charge in [0.2, 0.25) is 0 Å². The van der Waals surface area contributed by atoms with Crippen molar-refractivity contribution < 1.29 is 14.3 Å². The van der Waals surface area contributed by atoms with Gasteiger partial charge >= 0.3 is 5.97 Å². The molecule has 1 aromatic heterocycles. The number of aromatic nitrogens is 2. The number of hydrogen-bond acceptors (Lipinski definition) is 5. The first kappa shape index (κ1) is 12.7. The molecule has 0 saturated heterocycles. The smallest absolute Gasteiger partial charge is 0.344 e. The number of ether oxygens (including phenoxy) is 2. The molecule has 0 fully saturated rings. The van der Waals surface area contributed by atoms with Crippen LogP contribution in [0.4, 0.5) is 0 Å². The zero-order valence-corrected chi connectivity index (χ0v) is 10.2. The Morgan fingerprint density at radius 3 is 2.62 bits per heavy atom. The minimum atomic E-state index is -0.446. The van der Waals surface area contributed by atoms with Gasteiger partial charge in [-0.2, -0.15) is 0 Å². The molecule has 0 N–H and O–H groups in total. The van der Waals surface area contributed by atoms with Gasteiger partial charge in [-0.1, -0.05) is 11.6 Å². The summed E-state index contributed by atoms with van der Waals surface area (Å²) in [5.74, 6) is 0.435. The molecular formula is C10H13ClN2O3. The molecule has 0 radical (unpaired) electrons. The molecular weight excluding hydrogens is 232 g/mol. The number of carbonyl (C=O) groups is 1. The molecule has 88 valence electrons. The topological polar surface area (TPSA) is 61.3 Å². The van der Waals surface area contributed by atoms with Crippen molar-refractivity contribution in [3.05, 3.63) is 16.7 Å². The summed E-state index contributed by atoms with van der Waals surface area (Å²) in [6, 6.07) is 0. The molecule has 5 nitrogen and oxygen atoms in total. The van der Waals surface area contributed by atoms with Crippen molar-refractivity contribution in [1.82, 2.24) is 9.97 Å². The average molecular weight is 245 g/mol. The maximum atomic E-state index is 11.1. The Labute approximate surface area is 98.8 Å². The van der Waals surface area contributed by atoms with Crippen LogP contribution in [0.3, 0.4) is 0 Å². The SMILES string of the molecule is CCOC(=O)COc1c(C)nc(C)nc1Cl. The minimum absolute atomic E-state index is 0.194. The van der Waals surface area contributed by atoms with Crippen LogP contribution in [0.15, 0.2) is 0 Å². The van der Waals surface area contributed by atoms with Crippen LogP contribution in [-0.4, -0.2) is 29.2 Å². The third-order valence-corrected chi connectivity index (χ3v) is 2.00. The molecule has 1 heterocycles. The Bertz CT molecular complexity index is 373. The number of halogens is 1. The van der Waals surface area contributed by atoms with E-state index < -0.39 is 5.97 Å². The summed E-state index contributed by atoms with van der Waals surface area (Å²) >= 11 is 5.87. The van der Waals surface area contributed by atoms with Gasteiger partial charge in [-0.25, -0.2) is 14.8 Å². The molecule has 0 atom stereocenters. The van der Waals surface area contributed by atoms with E-state index in [9.17, 15) is 4.79 Å². The number of hydrogen-bond donors (Lipinski definition) is 0. The van der Waals surface area contributed by atoms with Crippen LogP contribution in [-0.2, 0) is 9.53 Å². The molecule has 1 aromatic rings. The van der Waals surface area contributed by atoms with E-state index in [-0.39, 0.29) is 11.8 Å². The average Bonchev–Trinajstić information content (AvgIpc) is 2.16. The van der Waals surface area contributed by atoms with Crippen molar-refractivity contribution in [2.75, 3.05) is 13.2 Å². The summed E-state index contributed by atoms with van der Waals surface area (Å²) < 4.78 is 9.92. The molecule has 0 aromatic carbocycles. The summed E-state index contributed by atoms with van der Waals surface area (Å²) in [4.78, 5) is 19.1. The molecule has 6 heteroatoms. The van der Waals surface area contributed by atoms with Gasteiger partial charge in [0, 0.05) is 0 Å². The van der Waals surface area contributed by atoms with Crippen LogP contribution in [0.25, 0.3) is 0 Å². The van der Waals surface area contributed by atoms with Gasteiger partial charge in [0.25, 0.3) is 0 Å². The standard InChI is InChI=1S/C10H13ClN2O3/c1-4-15-8(14)5-16-9-6(2)12-7(3)13-10(9)11/h4-5H2,1-3H3. The fraction of sp³-hybridized carbons (Fsp3) is 0.500. The Hall–Kier alpha value is -1.36. The van der Waals surface area contributed by atoms with E-state index in [0.717, 1.165) is 0 Å². The monoisotopic (exact) mass is 244 g/mol. The second kappa shape index (κ2) is 5.65. The third-order valence-electron chi connectivity index (χ3n) is 1.75. The molecule has 0 spiro atoms. The van der Waals surface area contributed by atoms with Crippen LogP contribution < -0.4 is 4.74 Å². The maximum absolute atomic E-state index is 11.1. The Balaban J connectivity index is 2.70. The number of carbonyl (C=O) groups excluding carboxylic acids is 1. The first-order valence-corrected chi connectivity index (χ1v) is 5.21. The first-order chi connectivity index (χ1) is 7.54. The summed E-state index contributed by atoms with van der Waals surface area (Å²) in [6.07, 6.45) is 0. The van der Waals surface area contributed by atoms with Crippen molar-refractivity contribution in [3.63, 3.8) is 0 Å². The van der Waals surface area contributed by atoms with Gasteiger partial charge in [-0.3, -0.25) is 0 Å². The van der Waals surface area contributed by atoms with Crippen LogP contribution in [0, 0.1) is 13.8 Å². The maximum Gasteiger partial charge on any atom is 0.344 e. The highest BCUT2D eigenvalue weighted by Crippen LogP contribution is 2.24. The van der Waals surface area contributed by atoms with E-state index in [0.29, 0.717) is 23.9 Å². The zero-order chi connectivity index (χ0) is 12.1. The second-order valence-electron chi connectivity index (χ2n) is 3.07. The van der Waals surface area contributed by atoms with Crippen LogP contribution in [0.2, 0.25) is 5.15 Å². The molecule has 0 bridgehead atoms. The van der Waals surface area contributed by atoms with E-state index >= 15 is 0 Å². The predicted octanol–water partition coefficient (Wildman–Crippen LogP) is 1.69. The highest BCUT2D eigenvalue weighted by atomic mass is 35.5. The number of nitrogens with zero attached hydrogens (tertiary/aromatic N) is 2. The first-order valence-electron chi connectivity index (χ1n) is 4.83. The lowest BCUT2D eigenvalue weighted by atomic mass is 10.4. The lowest BCUT2D eigenvalue weighted by Crippen LogP contribution is -2.15. The fourth-order valence-corrected chi connectivity index (χ4v) is 1.47. The minimum Gasteiger partial charge on any atom is -0.477 e. The Morgan fingerprint density at radius 2 is 2.06 bits per heavy atom. The molecule has 0 aliphatic carbocycles. The van der Waals surface area contributed by atoms with Crippen molar-refractivity contribution >= 4 is 17.6 Å². The Kier molecular flexibility index (Phi) is 4.49. The number of esters is 1. The summed E-state index contributed by atoms with van der Waals surface area (Å²) in [7, 11) is 0. The molecule has 0 amide bonds. The summed E-state index contributed by atoms with van der Waals surface area (Å²) in [5.41, 5.74) is 0.599. The molecule has 0 aliphatic rings. The molecule has 16 heavy (non-hydrogen) atoms.